The van der Waals surface area contributed by atoms with Crippen LogP contribution in [0.15, 0.2) is 41.3 Å². The van der Waals surface area contributed by atoms with E-state index in [1.54, 1.807) is 0 Å². The summed E-state index contributed by atoms with van der Waals surface area (Å²) in [5.74, 6) is 0.710. The molecule has 0 amide bonds. The van der Waals surface area contributed by atoms with E-state index in [-0.39, 0.29) is 17.4 Å². The summed E-state index contributed by atoms with van der Waals surface area (Å²) in [6, 6.07) is 3.65. The molecule has 5 nitrogen and oxygen atoms in total. The number of benzene rings is 1. The van der Waals surface area contributed by atoms with Crippen molar-refractivity contribution < 1.29 is 26.7 Å². The SMILES string of the molecule is CCN(C/C=C/[C@H]1CC[C@H](CN(C)S(=O)(=O)c2ccc(C(F)(F)F)cc2)CC1)CCO. The standard InChI is InChI=1S/C22H33F3N2O3S/c1-3-27(15-16-28)14-4-5-18-6-8-19(9-7-18)17-26(2)31(29,30)21-12-10-20(11-13-21)22(23,24)25/h4-5,10-13,18-19,28H,3,6-9,14-17H2,1-2H3/b5-4+/t18-,19-. The first-order chi connectivity index (χ1) is 14.6. The molecule has 0 bridgehead atoms. The molecule has 1 aliphatic carbocycles. The van der Waals surface area contributed by atoms with E-state index in [2.05, 4.69) is 24.0 Å². The highest BCUT2D eigenvalue weighted by atomic mass is 32.2. The molecule has 0 aromatic heterocycles. The molecule has 31 heavy (non-hydrogen) atoms. The van der Waals surface area contributed by atoms with Crippen LogP contribution >= 0.6 is 0 Å². The molecule has 176 valence electrons. The molecule has 1 saturated carbocycles. The maximum atomic E-state index is 12.7. The minimum atomic E-state index is -4.49. The van der Waals surface area contributed by atoms with Crippen molar-refractivity contribution in [3.63, 3.8) is 0 Å². The average Bonchev–Trinajstić information content (AvgIpc) is 2.73. The monoisotopic (exact) mass is 462 g/mol. The smallest absolute Gasteiger partial charge is 0.395 e. The maximum Gasteiger partial charge on any atom is 0.416 e. The first kappa shape index (κ1) is 25.8. The molecular formula is C22H33F3N2O3S. The van der Waals surface area contributed by atoms with E-state index in [4.69, 9.17) is 5.11 Å². The van der Waals surface area contributed by atoms with Gasteiger partial charge in [-0.05, 0) is 68.3 Å². The van der Waals surface area contributed by atoms with Gasteiger partial charge in [0.2, 0.25) is 10.0 Å². The molecule has 0 spiro atoms. The van der Waals surface area contributed by atoms with Gasteiger partial charge in [-0.2, -0.15) is 13.2 Å². The van der Waals surface area contributed by atoms with Crippen molar-refractivity contribution in [3.8, 4) is 0 Å². The Kier molecular flexibility index (Phi) is 9.54. The predicted octanol–water partition coefficient (Wildman–Crippen LogP) is 4.00. The lowest BCUT2D eigenvalue weighted by molar-refractivity contribution is -0.137. The number of aliphatic hydroxyl groups excluding tert-OH is 1. The molecule has 1 N–H and O–H groups in total. The van der Waals surface area contributed by atoms with Gasteiger partial charge in [0.1, 0.15) is 0 Å². The minimum absolute atomic E-state index is 0.122. The van der Waals surface area contributed by atoms with E-state index < -0.39 is 21.8 Å². The van der Waals surface area contributed by atoms with Crippen molar-refractivity contribution in [2.75, 3.05) is 39.8 Å². The van der Waals surface area contributed by atoms with Gasteiger partial charge in [-0.3, -0.25) is 4.90 Å². The quantitative estimate of drug-likeness (QED) is 0.534. The molecule has 1 aromatic rings. The molecule has 1 aromatic carbocycles. The van der Waals surface area contributed by atoms with Crippen molar-refractivity contribution >= 4 is 10.0 Å². The van der Waals surface area contributed by atoms with Crippen LogP contribution in [0.25, 0.3) is 0 Å². The van der Waals surface area contributed by atoms with Crippen LogP contribution in [-0.4, -0.2) is 62.6 Å². The fourth-order valence-electron chi connectivity index (χ4n) is 3.94. The summed E-state index contributed by atoms with van der Waals surface area (Å²) in [5, 5.41) is 9.03. The normalized spacial score (nSPS) is 20.8. The van der Waals surface area contributed by atoms with Gasteiger partial charge in [-0.15, -0.1) is 0 Å². The van der Waals surface area contributed by atoms with Gasteiger partial charge in [0.15, 0.2) is 0 Å². The third kappa shape index (κ3) is 7.59. The zero-order valence-corrected chi connectivity index (χ0v) is 19.0. The number of likely N-dealkylation sites (N-methyl/N-ethyl adjacent to an activating group) is 1. The van der Waals surface area contributed by atoms with Gasteiger partial charge in [-0.1, -0.05) is 19.1 Å². The maximum absolute atomic E-state index is 12.7. The number of nitrogens with zero attached hydrogens (tertiary/aromatic N) is 2. The van der Waals surface area contributed by atoms with Gasteiger partial charge < -0.3 is 5.11 Å². The van der Waals surface area contributed by atoms with Crippen LogP contribution in [0.4, 0.5) is 13.2 Å². The van der Waals surface area contributed by atoms with Crippen LogP contribution in [-0.2, 0) is 16.2 Å². The van der Waals surface area contributed by atoms with Crippen LogP contribution in [0.1, 0.15) is 38.2 Å². The summed E-state index contributed by atoms with van der Waals surface area (Å²) in [4.78, 5) is 2.03. The molecule has 0 radical (unpaired) electrons. The molecule has 1 fully saturated rings. The molecular weight excluding hydrogens is 429 g/mol. The number of aliphatic hydroxyl groups is 1. The van der Waals surface area contributed by atoms with Crippen molar-refractivity contribution in [1.82, 2.24) is 9.21 Å². The van der Waals surface area contributed by atoms with Crippen molar-refractivity contribution in [2.24, 2.45) is 11.8 Å². The number of hydrogen-bond donors (Lipinski definition) is 1. The summed E-state index contributed by atoms with van der Waals surface area (Å²) < 4.78 is 64.8. The Balaban J connectivity index is 1.86. The van der Waals surface area contributed by atoms with Crippen molar-refractivity contribution in [1.29, 1.82) is 0 Å². The first-order valence-electron chi connectivity index (χ1n) is 10.7. The molecule has 0 saturated heterocycles. The number of alkyl halides is 3. The summed E-state index contributed by atoms with van der Waals surface area (Å²) in [7, 11) is -2.33. The molecule has 0 aliphatic heterocycles. The molecule has 1 aliphatic rings. The van der Waals surface area contributed by atoms with Crippen LogP contribution in [0.2, 0.25) is 0 Å². The zero-order valence-electron chi connectivity index (χ0n) is 18.2. The highest BCUT2D eigenvalue weighted by Crippen LogP contribution is 2.32. The minimum Gasteiger partial charge on any atom is -0.395 e. The lowest BCUT2D eigenvalue weighted by Crippen LogP contribution is -2.33. The second-order valence-electron chi connectivity index (χ2n) is 8.13. The number of rotatable bonds is 10. The van der Waals surface area contributed by atoms with Crippen LogP contribution in [0.3, 0.4) is 0 Å². The molecule has 0 unspecified atom stereocenters. The summed E-state index contributed by atoms with van der Waals surface area (Å²) >= 11 is 0. The van der Waals surface area contributed by atoms with E-state index in [0.717, 1.165) is 63.0 Å². The van der Waals surface area contributed by atoms with E-state index in [9.17, 15) is 21.6 Å². The van der Waals surface area contributed by atoms with Gasteiger partial charge >= 0.3 is 6.18 Å². The van der Waals surface area contributed by atoms with Gasteiger partial charge in [0.25, 0.3) is 0 Å². The van der Waals surface area contributed by atoms with E-state index in [0.29, 0.717) is 19.0 Å². The number of hydrogen-bond acceptors (Lipinski definition) is 4. The molecule has 0 heterocycles. The second kappa shape index (κ2) is 11.4. The topological polar surface area (TPSA) is 60.9 Å². The van der Waals surface area contributed by atoms with Gasteiger partial charge in [0.05, 0.1) is 17.1 Å². The van der Waals surface area contributed by atoms with Crippen molar-refractivity contribution in [3.05, 3.63) is 42.0 Å². The van der Waals surface area contributed by atoms with Crippen LogP contribution < -0.4 is 0 Å². The first-order valence-corrected chi connectivity index (χ1v) is 12.2. The second-order valence-corrected chi connectivity index (χ2v) is 10.2. The lowest BCUT2D eigenvalue weighted by atomic mass is 9.82. The summed E-state index contributed by atoms with van der Waals surface area (Å²) in [6.07, 6.45) is 3.67. The van der Waals surface area contributed by atoms with E-state index in [1.807, 2.05) is 0 Å². The average molecular weight is 463 g/mol. The molecule has 2 rings (SSSR count). The van der Waals surface area contributed by atoms with E-state index in [1.165, 1.54) is 11.4 Å². The fraction of sp³-hybridized carbons (Fsp3) is 0.636. The molecule has 9 heteroatoms. The summed E-state index contributed by atoms with van der Waals surface area (Å²) in [5.41, 5.74) is -0.862. The van der Waals surface area contributed by atoms with Crippen LogP contribution in [0, 0.1) is 11.8 Å². The number of sulfonamides is 1. The van der Waals surface area contributed by atoms with Gasteiger partial charge in [0, 0.05) is 26.7 Å². The van der Waals surface area contributed by atoms with E-state index >= 15 is 0 Å². The Bertz CT molecular complexity index is 802. The largest absolute Gasteiger partial charge is 0.416 e. The number of halogens is 3. The Morgan fingerprint density at radius 3 is 2.26 bits per heavy atom. The Morgan fingerprint density at radius 2 is 1.74 bits per heavy atom. The molecule has 0 atom stereocenters. The van der Waals surface area contributed by atoms with Crippen LogP contribution in [0.5, 0.6) is 0 Å². The Morgan fingerprint density at radius 1 is 1.13 bits per heavy atom. The fourth-order valence-corrected chi connectivity index (χ4v) is 5.19. The third-order valence-corrected chi connectivity index (χ3v) is 7.77. The third-order valence-electron chi connectivity index (χ3n) is 5.93. The number of allylic oxidation sites excluding steroid dienone is 1. The highest BCUT2D eigenvalue weighted by molar-refractivity contribution is 7.89. The summed E-state index contributed by atoms with van der Waals surface area (Å²) in [6.45, 7) is 4.93. The Hall–Kier alpha value is -1.42. The predicted molar refractivity (Wildman–Crippen MR) is 115 cm³/mol. The Labute approximate surface area is 183 Å². The van der Waals surface area contributed by atoms with Gasteiger partial charge in [-0.25, -0.2) is 12.7 Å². The zero-order chi connectivity index (χ0) is 23.1. The highest BCUT2D eigenvalue weighted by Gasteiger charge is 2.31. The lowest BCUT2D eigenvalue weighted by Gasteiger charge is -2.30. The van der Waals surface area contributed by atoms with Crippen molar-refractivity contribution in [2.45, 2.75) is 43.7 Å².